The van der Waals surface area contributed by atoms with Crippen LogP contribution in [0.1, 0.15) is 40.0 Å². The smallest absolute Gasteiger partial charge is 0.234 e. The molecule has 2 atom stereocenters. The quantitative estimate of drug-likeness (QED) is 0.545. The van der Waals surface area contributed by atoms with E-state index in [1.807, 2.05) is 0 Å². The van der Waals surface area contributed by atoms with E-state index in [4.69, 9.17) is 10.2 Å². The lowest BCUT2D eigenvalue weighted by Crippen LogP contribution is -2.23. The van der Waals surface area contributed by atoms with Crippen LogP contribution in [-0.4, -0.2) is 18.7 Å². The molecule has 1 aliphatic carbocycles. The summed E-state index contributed by atoms with van der Waals surface area (Å²) in [6, 6.07) is 0. The molecule has 90 valence electrons. The van der Waals surface area contributed by atoms with Crippen LogP contribution in [0.4, 0.5) is 0 Å². The van der Waals surface area contributed by atoms with Crippen LogP contribution in [-0.2, 0) is 9.59 Å². The molecular weight excluding hydrogens is 204 g/mol. The van der Waals surface area contributed by atoms with E-state index >= 15 is 0 Å². The molecule has 0 bridgehead atoms. The zero-order valence-corrected chi connectivity index (χ0v) is 10.2. The summed E-state index contributed by atoms with van der Waals surface area (Å²) in [5.41, 5.74) is 0.429. The first-order valence-corrected chi connectivity index (χ1v) is 5.55. The Balaban J connectivity index is 0.000000673. The van der Waals surface area contributed by atoms with E-state index in [0.717, 1.165) is 18.3 Å². The van der Waals surface area contributed by atoms with E-state index in [9.17, 15) is 4.79 Å². The van der Waals surface area contributed by atoms with Gasteiger partial charge in [0.2, 0.25) is 6.08 Å². The maximum absolute atomic E-state index is 9.91. The second-order valence-electron chi connectivity index (χ2n) is 4.85. The third-order valence-electron chi connectivity index (χ3n) is 3.92. The van der Waals surface area contributed by atoms with Crippen LogP contribution in [0.5, 0.6) is 0 Å². The Kier molecular flexibility index (Phi) is 6.55. The van der Waals surface area contributed by atoms with Gasteiger partial charge in [-0.15, -0.1) is 0 Å². The van der Waals surface area contributed by atoms with Gasteiger partial charge in [-0.1, -0.05) is 20.8 Å². The molecule has 1 fully saturated rings. The molecule has 0 spiro atoms. The first-order valence-electron chi connectivity index (χ1n) is 5.55. The molecule has 2 unspecified atom stereocenters. The Hall–Kier alpha value is -1.24. The Morgan fingerprint density at radius 3 is 2.31 bits per heavy atom. The average Bonchev–Trinajstić information content (AvgIpc) is 2.46. The average molecular weight is 223 g/mol. The van der Waals surface area contributed by atoms with Crippen molar-refractivity contribution in [3.8, 4) is 0 Å². The fourth-order valence-electron chi connectivity index (χ4n) is 2.38. The minimum atomic E-state index is 0.429. The van der Waals surface area contributed by atoms with E-state index in [0.29, 0.717) is 18.0 Å². The number of aliphatic imine (C=N–C) groups is 1. The molecular formula is C12H19N2O2-. The maximum atomic E-state index is 9.91. The molecule has 4 heteroatoms. The third kappa shape index (κ3) is 4.09. The van der Waals surface area contributed by atoms with E-state index in [1.54, 1.807) is 6.08 Å². The number of carbonyl (C=O) groups excluding carboxylic acids is 2. The van der Waals surface area contributed by atoms with E-state index in [1.165, 1.54) is 12.8 Å². The summed E-state index contributed by atoms with van der Waals surface area (Å²) >= 11 is 0. The summed E-state index contributed by atoms with van der Waals surface area (Å²) in [6.45, 7) is 7.65. The first-order chi connectivity index (χ1) is 7.50. The van der Waals surface area contributed by atoms with Crippen molar-refractivity contribution in [2.24, 2.45) is 22.2 Å². The fourth-order valence-corrected chi connectivity index (χ4v) is 2.38. The van der Waals surface area contributed by atoms with E-state index in [-0.39, 0.29) is 0 Å². The molecule has 4 nitrogen and oxygen atoms in total. The van der Waals surface area contributed by atoms with Gasteiger partial charge in [-0.2, -0.15) is 0 Å². The molecule has 1 aliphatic rings. The largest absolute Gasteiger partial charge is 0.724 e. The highest BCUT2D eigenvalue weighted by molar-refractivity contribution is 5.36. The van der Waals surface area contributed by atoms with Crippen LogP contribution in [0.25, 0.3) is 5.41 Å². The van der Waals surface area contributed by atoms with Crippen molar-refractivity contribution < 1.29 is 9.59 Å². The summed E-state index contributed by atoms with van der Waals surface area (Å²) in [7, 11) is 0. The molecule has 1 saturated carbocycles. The van der Waals surface area contributed by atoms with Crippen LogP contribution in [0.15, 0.2) is 4.99 Å². The molecule has 1 rings (SSSR count). The molecule has 16 heavy (non-hydrogen) atoms. The molecule has 0 N–H and O–H groups in total. The number of hydrogen-bond donors (Lipinski definition) is 0. The van der Waals surface area contributed by atoms with Crippen molar-refractivity contribution >= 4 is 12.2 Å². The van der Waals surface area contributed by atoms with Crippen molar-refractivity contribution in [1.29, 1.82) is 0 Å². The van der Waals surface area contributed by atoms with Gasteiger partial charge >= 0.3 is 0 Å². The standard InChI is InChI=1S/C11H19NO.CNO/c1-9-4-5-10(11(9,2)3)6-7-12-8-13;2-1-3/h9-10H,4-7H2,1-3H3;/q;-1. The van der Waals surface area contributed by atoms with Gasteiger partial charge in [0.1, 0.15) is 0 Å². The summed E-state index contributed by atoms with van der Waals surface area (Å²) in [5, 5.41) is 6.76. The molecule has 0 heterocycles. The highest BCUT2D eigenvalue weighted by atomic mass is 16.1. The highest BCUT2D eigenvalue weighted by Gasteiger charge is 2.39. The summed E-state index contributed by atoms with van der Waals surface area (Å²) < 4.78 is 0. The Morgan fingerprint density at radius 2 is 1.94 bits per heavy atom. The number of rotatable bonds is 3. The van der Waals surface area contributed by atoms with Crippen LogP contribution >= 0.6 is 0 Å². The van der Waals surface area contributed by atoms with Gasteiger partial charge < -0.3 is 5.41 Å². The molecule has 0 amide bonds. The van der Waals surface area contributed by atoms with Crippen LogP contribution in [0.3, 0.4) is 0 Å². The summed E-state index contributed by atoms with van der Waals surface area (Å²) in [6.07, 6.45) is 5.77. The third-order valence-corrected chi connectivity index (χ3v) is 3.92. The van der Waals surface area contributed by atoms with Gasteiger partial charge in [-0.25, -0.2) is 9.79 Å². The number of nitrogens with zero attached hydrogens (tertiary/aromatic N) is 2. The lowest BCUT2D eigenvalue weighted by Gasteiger charge is -2.30. The van der Waals surface area contributed by atoms with Crippen molar-refractivity contribution in [2.45, 2.75) is 40.0 Å². The van der Waals surface area contributed by atoms with Gasteiger partial charge in [0.05, 0.1) is 6.54 Å². The summed E-state index contributed by atoms with van der Waals surface area (Å²) in [4.78, 5) is 21.8. The first kappa shape index (κ1) is 14.8. The minimum Gasteiger partial charge on any atom is -0.724 e. The van der Waals surface area contributed by atoms with Crippen LogP contribution < -0.4 is 0 Å². The van der Waals surface area contributed by atoms with Gasteiger partial charge in [-0.3, -0.25) is 4.79 Å². The van der Waals surface area contributed by atoms with Crippen molar-refractivity contribution in [1.82, 2.24) is 0 Å². The Labute approximate surface area is 96.7 Å². The molecule has 0 aromatic carbocycles. The second kappa shape index (κ2) is 7.10. The van der Waals surface area contributed by atoms with Crippen molar-refractivity contribution in [3.63, 3.8) is 0 Å². The van der Waals surface area contributed by atoms with Gasteiger partial charge in [-0.05, 0) is 42.6 Å². The fraction of sp³-hybridized carbons (Fsp3) is 0.833. The Bertz CT molecular complexity index is 287. The Morgan fingerprint density at radius 1 is 1.38 bits per heavy atom. The van der Waals surface area contributed by atoms with Crippen molar-refractivity contribution in [3.05, 3.63) is 5.41 Å². The molecule has 0 aromatic heterocycles. The van der Waals surface area contributed by atoms with Gasteiger partial charge in [0.15, 0.2) is 0 Å². The highest BCUT2D eigenvalue weighted by Crippen LogP contribution is 2.48. The zero-order chi connectivity index (χ0) is 12.6. The topological polar surface area (TPSA) is 68.8 Å². The number of hydrogen-bond acceptors (Lipinski definition) is 3. The normalized spacial score (nSPS) is 25.9. The minimum absolute atomic E-state index is 0.429. The molecule has 0 aromatic rings. The van der Waals surface area contributed by atoms with Gasteiger partial charge in [0.25, 0.3) is 0 Å². The zero-order valence-electron chi connectivity index (χ0n) is 10.2. The molecule has 0 aliphatic heterocycles. The SMILES string of the molecule is CC1CCC(CCN=C=O)C1(C)C.[N-]=C=O. The lowest BCUT2D eigenvalue weighted by molar-refractivity contribution is 0.191. The predicted octanol–water partition coefficient (Wildman–Crippen LogP) is 2.68. The van der Waals surface area contributed by atoms with E-state index < -0.39 is 0 Å². The second-order valence-corrected chi connectivity index (χ2v) is 4.85. The van der Waals surface area contributed by atoms with Crippen LogP contribution in [0.2, 0.25) is 0 Å². The van der Waals surface area contributed by atoms with Gasteiger partial charge in [0, 0.05) is 0 Å². The monoisotopic (exact) mass is 223 g/mol. The number of isocyanates is 2. The van der Waals surface area contributed by atoms with Crippen LogP contribution in [0, 0.1) is 17.3 Å². The predicted molar refractivity (Wildman–Crippen MR) is 62.3 cm³/mol. The molecule has 0 radical (unpaired) electrons. The van der Waals surface area contributed by atoms with E-state index in [2.05, 4.69) is 25.8 Å². The lowest BCUT2D eigenvalue weighted by atomic mass is 9.75. The maximum Gasteiger partial charge on any atom is 0.234 e. The van der Waals surface area contributed by atoms with Crippen molar-refractivity contribution in [2.75, 3.05) is 6.54 Å². The summed E-state index contributed by atoms with van der Waals surface area (Å²) in [5.74, 6) is 1.54. The molecule has 0 saturated heterocycles.